The monoisotopic (exact) mass is 305 g/mol. The summed E-state index contributed by atoms with van der Waals surface area (Å²) in [5.74, 6) is 1.66. The average molecular weight is 305 g/mol. The molecular weight excluding hydrogens is 274 g/mol. The number of rotatable bonds is 7. The van der Waals surface area contributed by atoms with E-state index in [9.17, 15) is 4.79 Å². The molecule has 1 heterocycles. The summed E-state index contributed by atoms with van der Waals surface area (Å²) in [4.78, 5) is 16.8. The molecule has 2 aliphatic rings. The number of allylic oxidation sites excluding steroid dienone is 2. The minimum atomic E-state index is -0.177. The van der Waals surface area contributed by atoms with E-state index in [4.69, 9.17) is 0 Å². The Labute approximate surface area is 134 Å². The first-order chi connectivity index (χ1) is 10.4. The van der Waals surface area contributed by atoms with Crippen LogP contribution in [-0.4, -0.2) is 37.3 Å². The molecule has 0 bridgehead atoms. The molecule has 0 radical (unpaired) electrons. The standard InChI is InChI=1S/C18H31N3O/c1-6-7-12(2)15(19-5)8-9-18(3,4)21-17(22)16-13-10-20-11-14(13)16/h7,13-14,16,20H,6,8-11H2,1-5H3,(H,21,22)/b12-7-,19-15?/t13-,14+,16?. The Hall–Kier alpha value is -1.16. The Morgan fingerprint density at radius 2 is 2.00 bits per heavy atom. The van der Waals surface area contributed by atoms with Crippen LogP contribution in [0.2, 0.25) is 0 Å². The lowest BCUT2D eigenvalue weighted by molar-refractivity contribution is -0.124. The predicted octanol–water partition coefficient (Wildman–Crippen LogP) is 2.55. The number of carbonyl (C=O) groups excluding carboxylic acids is 1. The van der Waals surface area contributed by atoms with Gasteiger partial charge in [0.15, 0.2) is 0 Å². The molecule has 4 nitrogen and oxygen atoms in total. The van der Waals surface area contributed by atoms with E-state index in [0.717, 1.165) is 38.1 Å². The maximum atomic E-state index is 12.4. The Morgan fingerprint density at radius 3 is 2.55 bits per heavy atom. The van der Waals surface area contributed by atoms with Gasteiger partial charge in [0.2, 0.25) is 5.91 Å². The fourth-order valence-corrected chi connectivity index (χ4v) is 3.63. The van der Waals surface area contributed by atoms with Gasteiger partial charge in [-0.3, -0.25) is 9.79 Å². The Balaban J connectivity index is 1.83. The van der Waals surface area contributed by atoms with Crippen LogP contribution in [0.15, 0.2) is 16.6 Å². The smallest absolute Gasteiger partial charge is 0.224 e. The van der Waals surface area contributed by atoms with Gasteiger partial charge in [0.05, 0.1) is 0 Å². The highest BCUT2D eigenvalue weighted by molar-refractivity contribution is 5.99. The number of amides is 1. The molecule has 2 fully saturated rings. The van der Waals surface area contributed by atoms with Crippen LogP contribution in [0.25, 0.3) is 0 Å². The van der Waals surface area contributed by atoms with Gasteiger partial charge < -0.3 is 10.6 Å². The van der Waals surface area contributed by atoms with E-state index in [2.05, 4.69) is 49.4 Å². The largest absolute Gasteiger partial charge is 0.351 e. The van der Waals surface area contributed by atoms with Crippen LogP contribution in [0.4, 0.5) is 0 Å². The van der Waals surface area contributed by atoms with Crippen LogP contribution in [0.3, 0.4) is 0 Å². The molecule has 3 atom stereocenters. The number of hydrogen-bond donors (Lipinski definition) is 2. The van der Waals surface area contributed by atoms with Crippen LogP contribution in [0, 0.1) is 17.8 Å². The van der Waals surface area contributed by atoms with Gasteiger partial charge in [-0.1, -0.05) is 13.0 Å². The van der Waals surface area contributed by atoms with Crippen LogP contribution in [0.1, 0.15) is 47.0 Å². The van der Waals surface area contributed by atoms with Crippen molar-refractivity contribution in [1.29, 1.82) is 0 Å². The van der Waals surface area contributed by atoms with Gasteiger partial charge in [-0.15, -0.1) is 0 Å². The van der Waals surface area contributed by atoms with Crippen molar-refractivity contribution in [3.8, 4) is 0 Å². The van der Waals surface area contributed by atoms with Crippen molar-refractivity contribution in [1.82, 2.24) is 10.6 Å². The van der Waals surface area contributed by atoms with Gasteiger partial charge in [0.1, 0.15) is 0 Å². The topological polar surface area (TPSA) is 53.5 Å². The lowest BCUT2D eigenvalue weighted by atomic mass is 9.94. The van der Waals surface area contributed by atoms with Gasteiger partial charge in [-0.25, -0.2) is 0 Å². The lowest BCUT2D eigenvalue weighted by Crippen LogP contribution is -2.45. The first kappa shape index (κ1) is 17.2. The summed E-state index contributed by atoms with van der Waals surface area (Å²) in [6.07, 6.45) is 5.07. The van der Waals surface area contributed by atoms with Crippen LogP contribution >= 0.6 is 0 Å². The summed E-state index contributed by atoms with van der Waals surface area (Å²) in [7, 11) is 1.85. The van der Waals surface area contributed by atoms with Crippen molar-refractivity contribution in [3.63, 3.8) is 0 Å². The molecule has 0 aromatic rings. The van der Waals surface area contributed by atoms with Crippen molar-refractivity contribution in [2.24, 2.45) is 22.7 Å². The molecule has 2 rings (SSSR count). The number of carbonyl (C=O) groups is 1. The predicted molar refractivity (Wildman–Crippen MR) is 92.2 cm³/mol. The van der Waals surface area contributed by atoms with E-state index in [0.29, 0.717) is 11.8 Å². The Bertz CT molecular complexity index is 469. The summed E-state index contributed by atoms with van der Waals surface area (Å²) in [5.41, 5.74) is 2.23. The molecule has 0 aromatic carbocycles. The fraction of sp³-hybridized carbons (Fsp3) is 0.778. The van der Waals surface area contributed by atoms with Crippen molar-refractivity contribution >= 4 is 11.6 Å². The van der Waals surface area contributed by atoms with Crippen molar-refractivity contribution in [2.45, 2.75) is 52.5 Å². The van der Waals surface area contributed by atoms with Crippen molar-refractivity contribution in [2.75, 3.05) is 20.1 Å². The van der Waals surface area contributed by atoms with E-state index >= 15 is 0 Å². The minimum absolute atomic E-state index is 0.177. The molecular formula is C18H31N3O. The normalized spacial score (nSPS) is 28.5. The molecule has 1 aliphatic carbocycles. The lowest BCUT2D eigenvalue weighted by Gasteiger charge is -2.27. The molecule has 124 valence electrons. The molecule has 1 unspecified atom stereocenters. The maximum absolute atomic E-state index is 12.4. The molecule has 1 saturated heterocycles. The molecule has 2 N–H and O–H groups in total. The van der Waals surface area contributed by atoms with Crippen molar-refractivity contribution < 1.29 is 4.79 Å². The van der Waals surface area contributed by atoms with Gasteiger partial charge in [-0.05, 0) is 70.5 Å². The highest BCUT2D eigenvalue weighted by Gasteiger charge is 2.57. The zero-order valence-electron chi connectivity index (χ0n) is 14.7. The highest BCUT2D eigenvalue weighted by atomic mass is 16.2. The van der Waals surface area contributed by atoms with E-state index in [-0.39, 0.29) is 17.4 Å². The number of piperidine rings is 1. The zero-order valence-corrected chi connectivity index (χ0v) is 14.7. The zero-order chi connectivity index (χ0) is 16.3. The van der Waals surface area contributed by atoms with Crippen LogP contribution < -0.4 is 10.6 Å². The third-order valence-electron chi connectivity index (χ3n) is 5.08. The van der Waals surface area contributed by atoms with E-state index < -0.39 is 0 Å². The first-order valence-corrected chi connectivity index (χ1v) is 8.55. The molecule has 4 heteroatoms. The number of nitrogens with zero attached hydrogens (tertiary/aromatic N) is 1. The quantitative estimate of drug-likeness (QED) is 0.710. The van der Waals surface area contributed by atoms with E-state index in [1.807, 2.05) is 7.05 Å². The van der Waals surface area contributed by atoms with Gasteiger partial charge in [0.25, 0.3) is 0 Å². The number of fused-ring (bicyclic) bond motifs is 1. The van der Waals surface area contributed by atoms with E-state index in [1.165, 1.54) is 5.57 Å². The van der Waals surface area contributed by atoms with Gasteiger partial charge in [-0.2, -0.15) is 0 Å². The first-order valence-electron chi connectivity index (χ1n) is 8.55. The van der Waals surface area contributed by atoms with E-state index in [1.54, 1.807) is 0 Å². The van der Waals surface area contributed by atoms with Gasteiger partial charge >= 0.3 is 0 Å². The second-order valence-electron chi connectivity index (χ2n) is 7.35. The summed E-state index contributed by atoms with van der Waals surface area (Å²) in [6.45, 7) is 10.5. The number of hydrogen-bond acceptors (Lipinski definition) is 3. The third-order valence-corrected chi connectivity index (χ3v) is 5.08. The molecule has 22 heavy (non-hydrogen) atoms. The van der Waals surface area contributed by atoms with Crippen LogP contribution in [-0.2, 0) is 4.79 Å². The van der Waals surface area contributed by atoms with Gasteiger partial charge in [0, 0.05) is 24.2 Å². The SMILES string of the molecule is CC/C=C(/C)C(CCC(C)(C)NC(=O)C1[C@H]2CNC[C@@H]12)=NC. The number of nitrogens with one attached hydrogen (secondary N) is 2. The molecule has 1 amide bonds. The highest BCUT2D eigenvalue weighted by Crippen LogP contribution is 2.48. The summed E-state index contributed by atoms with van der Waals surface area (Å²) in [6, 6.07) is 0. The maximum Gasteiger partial charge on any atom is 0.224 e. The second-order valence-corrected chi connectivity index (χ2v) is 7.35. The molecule has 1 saturated carbocycles. The number of aliphatic imine (C=N–C) groups is 1. The average Bonchev–Trinajstić information content (AvgIpc) is 2.93. The summed E-state index contributed by atoms with van der Waals surface area (Å²) in [5, 5.41) is 6.60. The molecule has 1 aliphatic heterocycles. The molecule has 0 aromatic heterocycles. The molecule has 0 spiro atoms. The van der Waals surface area contributed by atoms with Crippen LogP contribution in [0.5, 0.6) is 0 Å². The minimum Gasteiger partial charge on any atom is -0.351 e. The second kappa shape index (κ2) is 6.95. The third kappa shape index (κ3) is 3.97. The van der Waals surface area contributed by atoms with Crippen molar-refractivity contribution in [3.05, 3.63) is 11.6 Å². The fourth-order valence-electron chi connectivity index (χ4n) is 3.63. The summed E-state index contributed by atoms with van der Waals surface area (Å²) < 4.78 is 0. The summed E-state index contributed by atoms with van der Waals surface area (Å²) >= 11 is 0. The Morgan fingerprint density at radius 1 is 1.36 bits per heavy atom. The Kier molecular flexibility index (Phi) is 5.43.